The van der Waals surface area contributed by atoms with Gasteiger partial charge in [-0.15, -0.1) is 11.3 Å². The molecule has 2 aromatic rings. The first kappa shape index (κ1) is 17.9. The van der Waals surface area contributed by atoms with E-state index in [2.05, 4.69) is 0 Å². The molecule has 0 bridgehead atoms. The van der Waals surface area contributed by atoms with Crippen molar-refractivity contribution < 1.29 is 14.4 Å². The van der Waals surface area contributed by atoms with Crippen LogP contribution in [0.3, 0.4) is 0 Å². The Hall–Kier alpha value is -1.89. The Morgan fingerprint density at radius 1 is 1.16 bits per heavy atom. The van der Waals surface area contributed by atoms with Crippen LogP contribution >= 0.6 is 34.5 Å². The summed E-state index contributed by atoms with van der Waals surface area (Å²) in [7, 11) is 0. The van der Waals surface area contributed by atoms with E-state index in [-0.39, 0.29) is 33.6 Å². The molecule has 1 aromatic heterocycles. The normalized spacial score (nSPS) is 13.3. The van der Waals surface area contributed by atoms with Crippen LogP contribution in [0.2, 0.25) is 10.0 Å². The molecule has 25 heavy (non-hydrogen) atoms. The number of benzene rings is 1. The first-order valence-electron chi connectivity index (χ1n) is 7.57. The second-order valence-electron chi connectivity index (χ2n) is 5.50. The van der Waals surface area contributed by atoms with Gasteiger partial charge in [0.15, 0.2) is 0 Å². The lowest BCUT2D eigenvalue weighted by Crippen LogP contribution is -2.42. The molecule has 130 valence electrons. The fourth-order valence-electron chi connectivity index (χ4n) is 2.63. The number of amides is 3. The second kappa shape index (κ2) is 7.15. The van der Waals surface area contributed by atoms with Crippen LogP contribution in [0, 0.1) is 0 Å². The fourth-order valence-corrected chi connectivity index (χ4v) is 3.68. The van der Waals surface area contributed by atoms with Gasteiger partial charge in [-0.3, -0.25) is 19.3 Å². The van der Waals surface area contributed by atoms with Gasteiger partial charge in [0.1, 0.15) is 6.54 Å². The summed E-state index contributed by atoms with van der Waals surface area (Å²) in [5.74, 6) is -1.35. The topological polar surface area (TPSA) is 57.7 Å². The predicted octanol–water partition coefficient (Wildman–Crippen LogP) is 3.70. The van der Waals surface area contributed by atoms with Crippen LogP contribution in [0.15, 0.2) is 29.6 Å². The quantitative estimate of drug-likeness (QED) is 0.723. The number of hydrogen-bond donors (Lipinski definition) is 0. The van der Waals surface area contributed by atoms with Gasteiger partial charge in [-0.25, -0.2) is 0 Å². The largest absolute Gasteiger partial charge is 0.336 e. The SMILES string of the molecule is CCN(Cc1cccs1)C(=O)CN1C(=O)c2cc(Cl)c(Cl)cc2C1=O. The standard InChI is InChI=1S/C17H14Cl2N2O3S/c1-2-20(8-10-4-3-5-25-10)15(22)9-21-16(23)11-6-13(18)14(19)7-12(11)17(21)24/h3-7H,2,8-9H2,1H3. The van der Waals surface area contributed by atoms with Gasteiger partial charge in [-0.2, -0.15) is 0 Å². The first-order chi connectivity index (χ1) is 11.9. The van der Waals surface area contributed by atoms with Crippen LogP contribution in [-0.2, 0) is 11.3 Å². The predicted molar refractivity (Wildman–Crippen MR) is 97.2 cm³/mol. The van der Waals surface area contributed by atoms with Crippen molar-refractivity contribution in [2.24, 2.45) is 0 Å². The smallest absolute Gasteiger partial charge is 0.262 e. The second-order valence-corrected chi connectivity index (χ2v) is 7.34. The van der Waals surface area contributed by atoms with Crippen LogP contribution in [0.1, 0.15) is 32.5 Å². The molecule has 0 fully saturated rings. The van der Waals surface area contributed by atoms with Crippen molar-refractivity contribution in [1.29, 1.82) is 0 Å². The molecule has 1 aromatic carbocycles. The van der Waals surface area contributed by atoms with Crippen molar-refractivity contribution in [3.05, 3.63) is 55.7 Å². The van der Waals surface area contributed by atoms with Crippen LogP contribution in [0.4, 0.5) is 0 Å². The monoisotopic (exact) mass is 396 g/mol. The van der Waals surface area contributed by atoms with Crippen molar-refractivity contribution >= 4 is 52.3 Å². The minimum Gasteiger partial charge on any atom is -0.336 e. The molecule has 8 heteroatoms. The van der Waals surface area contributed by atoms with Gasteiger partial charge >= 0.3 is 0 Å². The minimum atomic E-state index is -0.529. The van der Waals surface area contributed by atoms with Crippen LogP contribution in [-0.4, -0.2) is 40.6 Å². The zero-order chi connectivity index (χ0) is 18.1. The van der Waals surface area contributed by atoms with Crippen molar-refractivity contribution in [2.75, 3.05) is 13.1 Å². The average molecular weight is 397 g/mol. The highest BCUT2D eigenvalue weighted by Crippen LogP contribution is 2.31. The molecule has 0 radical (unpaired) electrons. The molecule has 0 atom stereocenters. The summed E-state index contributed by atoms with van der Waals surface area (Å²) in [5, 5.41) is 2.33. The summed E-state index contributed by atoms with van der Waals surface area (Å²) in [6, 6.07) is 6.59. The Kier molecular flexibility index (Phi) is 5.13. The fraction of sp³-hybridized carbons (Fsp3) is 0.235. The third-order valence-corrected chi connectivity index (χ3v) is 5.55. The molecule has 0 spiro atoms. The average Bonchev–Trinajstić information content (AvgIpc) is 3.17. The molecule has 3 rings (SSSR count). The van der Waals surface area contributed by atoms with Crippen molar-refractivity contribution in [3.63, 3.8) is 0 Å². The van der Waals surface area contributed by atoms with Crippen molar-refractivity contribution in [2.45, 2.75) is 13.5 Å². The Morgan fingerprint density at radius 2 is 1.76 bits per heavy atom. The minimum absolute atomic E-state index is 0.175. The molecule has 2 heterocycles. The highest BCUT2D eigenvalue weighted by Gasteiger charge is 2.38. The Labute approximate surface area is 158 Å². The van der Waals surface area contributed by atoms with E-state index in [0.29, 0.717) is 13.1 Å². The lowest BCUT2D eigenvalue weighted by Gasteiger charge is -2.23. The molecule has 3 amide bonds. The van der Waals surface area contributed by atoms with Gasteiger partial charge in [0.2, 0.25) is 5.91 Å². The highest BCUT2D eigenvalue weighted by molar-refractivity contribution is 7.09. The Balaban J connectivity index is 1.77. The van der Waals surface area contributed by atoms with Gasteiger partial charge in [0.25, 0.3) is 11.8 Å². The van der Waals surface area contributed by atoms with E-state index in [4.69, 9.17) is 23.2 Å². The number of imide groups is 1. The Morgan fingerprint density at radius 3 is 2.24 bits per heavy atom. The van der Waals surface area contributed by atoms with Gasteiger partial charge in [0.05, 0.1) is 27.7 Å². The summed E-state index contributed by atoms with van der Waals surface area (Å²) in [6.07, 6.45) is 0. The molecule has 0 N–H and O–H groups in total. The molecule has 0 saturated heterocycles. The lowest BCUT2D eigenvalue weighted by atomic mass is 10.1. The van der Waals surface area contributed by atoms with Gasteiger partial charge < -0.3 is 4.90 Å². The van der Waals surface area contributed by atoms with Gasteiger partial charge in [-0.1, -0.05) is 29.3 Å². The number of rotatable bonds is 5. The maximum atomic E-state index is 12.6. The Bertz CT molecular complexity index is 811. The van der Waals surface area contributed by atoms with Crippen LogP contribution in [0.25, 0.3) is 0 Å². The van der Waals surface area contributed by atoms with Crippen LogP contribution in [0.5, 0.6) is 0 Å². The number of nitrogens with zero attached hydrogens (tertiary/aromatic N) is 2. The summed E-state index contributed by atoms with van der Waals surface area (Å²) in [6.45, 7) is 2.49. The number of hydrogen-bond acceptors (Lipinski definition) is 4. The van der Waals surface area contributed by atoms with E-state index < -0.39 is 11.8 Å². The molecule has 5 nitrogen and oxygen atoms in total. The van der Waals surface area contributed by atoms with Crippen molar-refractivity contribution in [3.8, 4) is 0 Å². The van der Waals surface area contributed by atoms with Gasteiger partial charge in [-0.05, 0) is 30.5 Å². The molecule has 1 aliphatic heterocycles. The zero-order valence-corrected chi connectivity index (χ0v) is 15.6. The molecule has 1 aliphatic rings. The van der Waals surface area contributed by atoms with E-state index in [1.54, 1.807) is 16.2 Å². The number of likely N-dealkylation sites (N-methyl/N-ethyl adjacent to an activating group) is 1. The van der Waals surface area contributed by atoms with E-state index in [0.717, 1.165) is 9.78 Å². The van der Waals surface area contributed by atoms with Crippen LogP contribution < -0.4 is 0 Å². The van der Waals surface area contributed by atoms with E-state index in [1.807, 2.05) is 24.4 Å². The number of carbonyl (C=O) groups is 3. The van der Waals surface area contributed by atoms with Gasteiger partial charge in [0, 0.05) is 11.4 Å². The number of fused-ring (bicyclic) bond motifs is 1. The molecular weight excluding hydrogens is 383 g/mol. The summed E-state index contributed by atoms with van der Waals surface area (Å²) in [5.41, 5.74) is 0.349. The highest BCUT2D eigenvalue weighted by atomic mass is 35.5. The third-order valence-electron chi connectivity index (χ3n) is 3.97. The number of halogens is 2. The molecular formula is C17H14Cl2N2O3S. The number of carbonyl (C=O) groups excluding carboxylic acids is 3. The molecule has 0 saturated carbocycles. The summed E-state index contributed by atoms with van der Waals surface area (Å²) < 4.78 is 0. The maximum absolute atomic E-state index is 12.6. The summed E-state index contributed by atoms with van der Waals surface area (Å²) >= 11 is 13.4. The zero-order valence-electron chi connectivity index (χ0n) is 13.3. The van der Waals surface area contributed by atoms with E-state index >= 15 is 0 Å². The number of thiophene rings is 1. The van der Waals surface area contributed by atoms with E-state index in [1.165, 1.54) is 12.1 Å². The molecule has 0 unspecified atom stereocenters. The first-order valence-corrected chi connectivity index (χ1v) is 9.21. The lowest BCUT2D eigenvalue weighted by molar-refractivity contribution is -0.131. The maximum Gasteiger partial charge on any atom is 0.262 e. The molecule has 0 aliphatic carbocycles. The third kappa shape index (κ3) is 3.42. The summed E-state index contributed by atoms with van der Waals surface area (Å²) in [4.78, 5) is 41.1. The van der Waals surface area contributed by atoms with E-state index in [9.17, 15) is 14.4 Å². The van der Waals surface area contributed by atoms with Crippen molar-refractivity contribution in [1.82, 2.24) is 9.80 Å².